The Balaban J connectivity index is 1.75. The lowest BCUT2D eigenvalue weighted by molar-refractivity contribution is 0.0697. The maximum absolute atomic E-state index is 12.7. The number of amides is 1. The second kappa shape index (κ2) is 8.22. The maximum atomic E-state index is 12.7. The van der Waals surface area contributed by atoms with E-state index in [2.05, 4.69) is 11.6 Å². The minimum absolute atomic E-state index is 0.000406. The Morgan fingerprint density at radius 1 is 1.11 bits per heavy atom. The highest BCUT2D eigenvalue weighted by Gasteiger charge is 2.22. The Hall–Kier alpha value is -2.54. The van der Waals surface area contributed by atoms with Gasteiger partial charge in [-0.3, -0.25) is 9.52 Å². The van der Waals surface area contributed by atoms with Crippen molar-refractivity contribution in [3.05, 3.63) is 53.6 Å². The molecule has 28 heavy (non-hydrogen) atoms. The van der Waals surface area contributed by atoms with Crippen molar-refractivity contribution in [3.8, 4) is 5.75 Å². The molecule has 1 N–H and O–H groups in total. The van der Waals surface area contributed by atoms with Crippen molar-refractivity contribution in [2.24, 2.45) is 5.92 Å². The lowest BCUT2D eigenvalue weighted by Crippen LogP contribution is -2.37. The smallest absolute Gasteiger partial charge is 0.261 e. The Bertz CT molecular complexity index is 947. The number of rotatable bonds is 5. The van der Waals surface area contributed by atoms with Gasteiger partial charge in [-0.05, 0) is 73.7 Å². The molecule has 0 unspecified atom stereocenters. The zero-order valence-corrected chi connectivity index (χ0v) is 17.3. The number of anilines is 1. The van der Waals surface area contributed by atoms with Crippen LogP contribution in [0.25, 0.3) is 0 Å². The van der Waals surface area contributed by atoms with E-state index in [-0.39, 0.29) is 10.8 Å². The van der Waals surface area contributed by atoms with Crippen LogP contribution in [0.15, 0.2) is 47.4 Å². The molecule has 0 bridgehead atoms. The van der Waals surface area contributed by atoms with E-state index in [0.29, 0.717) is 28.5 Å². The normalized spacial score (nSPS) is 15.3. The van der Waals surface area contributed by atoms with Crippen LogP contribution in [0.2, 0.25) is 0 Å². The molecule has 0 atom stereocenters. The molecule has 0 saturated carbocycles. The number of aryl methyl sites for hydroxylation is 1. The third-order valence-corrected chi connectivity index (χ3v) is 6.54. The highest BCUT2D eigenvalue weighted by atomic mass is 32.2. The number of hydrogen-bond donors (Lipinski definition) is 1. The van der Waals surface area contributed by atoms with Crippen LogP contribution in [0, 0.1) is 12.8 Å². The number of piperidine rings is 1. The molecule has 1 aliphatic heterocycles. The minimum atomic E-state index is -3.72. The van der Waals surface area contributed by atoms with Gasteiger partial charge in [0.15, 0.2) is 0 Å². The molecule has 1 heterocycles. The second-order valence-electron chi connectivity index (χ2n) is 7.29. The van der Waals surface area contributed by atoms with Gasteiger partial charge in [-0.15, -0.1) is 0 Å². The molecular weight excluding hydrogens is 376 g/mol. The van der Waals surface area contributed by atoms with Gasteiger partial charge in [0.05, 0.1) is 17.7 Å². The van der Waals surface area contributed by atoms with Crippen LogP contribution >= 0.6 is 0 Å². The summed E-state index contributed by atoms with van der Waals surface area (Å²) in [5.74, 6) is 1.24. The van der Waals surface area contributed by atoms with Gasteiger partial charge in [-0.25, -0.2) is 8.42 Å². The molecule has 1 aliphatic rings. The van der Waals surface area contributed by atoms with Crippen molar-refractivity contribution in [2.45, 2.75) is 31.6 Å². The van der Waals surface area contributed by atoms with Gasteiger partial charge in [-0.2, -0.15) is 0 Å². The number of hydrogen-bond acceptors (Lipinski definition) is 4. The monoisotopic (exact) mass is 402 g/mol. The fraction of sp³-hybridized carbons (Fsp3) is 0.381. The first-order valence-corrected chi connectivity index (χ1v) is 10.9. The number of benzene rings is 2. The predicted molar refractivity (Wildman–Crippen MR) is 109 cm³/mol. The molecule has 2 aromatic rings. The summed E-state index contributed by atoms with van der Waals surface area (Å²) in [7, 11) is -2.20. The van der Waals surface area contributed by atoms with Crippen LogP contribution in [0.4, 0.5) is 5.69 Å². The Labute approximate surface area is 166 Å². The lowest BCUT2D eigenvalue weighted by atomic mass is 9.98. The molecule has 1 amide bonds. The zero-order valence-electron chi connectivity index (χ0n) is 16.4. The van der Waals surface area contributed by atoms with Crippen molar-refractivity contribution < 1.29 is 17.9 Å². The summed E-state index contributed by atoms with van der Waals surface area (Å²) in [5, 5.41) is 0. The lowest BCUT2D eigenvalue weighted by Gasteiger charge is -2.30. The molecule has 0 aliphatic carbocycles. The van der Waals surface area contributed by atoms with E-state index in [0.717, 1.165) is 25.9 Å². The quantitative estimate of drug-likeness (QED) is 0.828. The number of methoxy groups -OCH3 is 1. The Morgan fingerprint density at radius 3 is 2.32 bits per heavy atom. The van der Waals surface area contributed by atoms with Gasteiger partial charge < -0.3 is 9.64 Å². The van der Waals surface area contributed by atoms with E-state index in [1.165, 1.54) is 19.2 Å². The molecule has 6 nitrogen and oxygen atoms in total. The summed E-state index contributed by atoms with van der Waals surface area (Å²) in [5.41, 5.74) is 1.74. The van der Waals surface area contributed by atoms with Crippen molar-refractivity contribution >= 4 is 21.6 Å². The minimum Gasteiger partial charge on any atom is -0.497 e. The largest absolute Gasteiger partial charge is 0.497 e. The number of nitrogens with one attached hydrogen (secondary N) is 1. The topological polar surface area (TPSA) is 75.7 Å². The standard InChI is InChI=1S/C21H26N2O4S/c1-15-10-12-23(13-11-15)21(24)17-4-9-20(16(2)14-17)22-28(25,26)19-7-5-18(27-3)6-8-19/h4-9,14-15,22H,10-13H2,1-3H3. The van der Waals surface area contributed by atoms with Gasteiger partial charge in [0.25, 0.3) is 15.9 Å². The highest BCUT2D eigenvalue weighted by molar-refractivity contribution is 7.92. The van der Waals surface area contributed by atoms with Crippen molar-refractivity contribution in [2.75, 3.05) is 24.9 Å². The predicted octanol–water partition coefficient (Wildman–Crippen LogP) is 3.68. The van der Waals surface area contributed by atoms with Gasteiger partial charge in [0.1, 0.15) is 5.75 Å². The van der Waals surface area contributed by atoms with Crippen LogP contribution in [0.1, 0.15) is 35.7 Å². The summed E-state index contributed by atoms with van der Waals surface area (Å²) >= 11 is 0. The van der Waals surface area contributed by atoms with E-state index < -0.39 is 10.0 Å². The molecule has 2 aromatic carbocycles. The SMILES string of the molecule is COc1ccc(S(=O)(=O)Nc2ccc(C(=O)N3CCC(C)CC3)cc2C)cc1. The maximum Gasteiger partial charge on any atom is 0.261 e. The number of sulfonamides is 1. The molecule has 3 rings (SSSR count). The third-order valence-electron chi connectivity index (χ3n) is 5.16. The van der Waals surface area contributed by atoms with Gasteiger partial charge in [0.2, 0.25) is 0 Å². The van der Waals surface area contributed by atoms with Crippen LogP contribution in [-0.4, -0.2) is 39.4 Å². The highest BCUT2D eigenvalue weighted by Crippen LogP contribution is 2.24. The molecular formula is C21H26N2O4S. The average Bonchev–Trinajstić information content (AvgIpc) is 2.69. The van der Waals surface area contributed by atoms with Gasteiger partial charge in [0, 0.05) is 18.7 Å². The van der Waals surface area contributed by atoms with Gasteiger partial charge in [-0.1, -0.05) is 6.92 Å². The third kappa shape index (κ3) is 4.47. The van der Waals surface area contributed by atoms with E-state index in [1.54, 1.807) is 37.3 Å². The fourth-order valence-corrected chi connectivity index (χ4v) is 4.39. The van der Waals surface area contributed by atoms with Crippen molar-refractivity contribution in [3.63, 3.8) is 0 Å². The summed E-state index contributed by atoms with van der Waals surface area (Å²) in [6.07, 6.45) is 2.04. The zero-order chi connectivity index (χ0) is 20.3. The summed E-state index contributed by atoms with van der Waals surface area (Å²) in [6, 6.07) is 11.3. The van der Waals surface area contributed by atoms with Crippen LogP contribution in [-0.2, 0) is 10.0 Å². The second-order valence-corrected chi connectivity index (χ2v) is 8.97. The summed E-state index contributed by atoms with van der Waals surface area (Å²) < 4.78 is 32.9. The Kier molecular flexibility index (Phi) is 5.93. The molecule has 150 valence electrons. The molecule has 0 radical (unpaired) electrons. The number of likely N-dealkylation sites (tertiary alicyclic amines) is 1. The van der Waals surface area contributed by atoms with E-state index in [9.17, 15) is 13.2 Å². The van der Waals surface area contributed by atoms with E-state index >= 15 is 0 Å². The number of nitrogens with zero attached hydrogens (tertiary/aromatic N) is 1. The van der Waals surface area contributed by atoms with Crippen molar-refractivity contribution in [1.82, 2.24) is 4.90 Å². The van der Waals surface area contributed by atoms with Crippen LogP contribution in [0.5, 0.6) is 5.75 Å². The fourth-order valence-electron chi connectivity index (χ4n) is 3.26. The summed E-state index contributed by atoms with van der Waals surface area (Å²) in [6.45, 7) is 5.53. The number of ether oxygens (including phenoxy) is 1. The van der Waals surface area contributed by atoms with Gasteiger partial charge >= 0.3 is 0 Å². The molecule has 1 saturated heterocycles. The molecule has 0 spiro atoms. The number of carbonyl (C=O) groups is 1. The first-order chi connectivity index (χ1) is 13.3. The van der Waals surface area contributed by atoms with E-state index in [4.69, 9.17) is 4.74 Å². The summed E-state index contributed by atoms with van der Waals surface area (Å²) in [4.78, 5) is 14.7. The van der Waals surface area contributed by atoms with Crippen molar-refractivity contribution in [1.29, 1.82) is 0 Å². The average molecular weight is 403 g/mol. The van der Waals surface area contributed by atoms with Crippen LogP contribution < -0.4 is 9.46 Å². The first-order valence-electron chi connectivity index (χ1n) is 9.37. The molecule has 1 fully saturated rings. The van der Waals surface area contributed by atoms with E-state index in [1.807, 2.05) is 4.90 Å². The molecule has 0 aromatic heterocycles. The Morgan fingerprint density at radius 2 is 1.75 bits per heavy atom. The number of carbonyl (C=O) groups excluding carboxylic acids is 1. The van der Waals surface area contributed by atoms with Crippen LogP contribution in [0.3, 0.4) is 0 Å². The molecule has 7 heteroatoms. The first kappa shape index (κ1) is 20.2.